The summed E-state index contributed by atoms with van der Waals surface area (Å²) in [4.78, 5) is 11.4. The smallest absolute Gasteiger partial charge is 0.249 e. The van der Waals surface area contributed by atoms with Gasteiger partial charge in [0.25, 0.3) is 0 Å². The zero-order valence-electron chi connectivity index (χ0n) is 12.7. The SMILES string of the molecule is Cc1c(Nc2ccc(-c3ccccc3)nn2)cccc1C(N)=O. The zero-order chi connectivity index (χ0) is 16.2. The van der Waals surface area contributed by atoms with Crippen LogP contribution in [0, 0.1) is 6.92 Å². The van der Waals surface area contributed by atoms with Crippen molar-refractivity contribution < 1.29 is 4.79 Å². The number of primary amides is 1. The monoisotopic (exact) mass is 304 g/mol. The zero-order valence-corrected chi connectivity index (χ0v) is 12.7. The quantitative estimate of drug-likeness (QED) is 0.775. The Bertz CT molecular complexity index is 829. The van der Waals surface area contributed by atoms with E-state index >= 15 is 0 Å². The number of anilines is 2. The minimum Gasteiger partial charge on any atom is -0.366 e. The first kappa shape index (κ1) is 14.7. The highest BCUT2D eigenvalue weighted by Crippen LogP contribution is 2.23. The van der Waals surface area contributed by atoms with E-state index in [4.69, 9.17) is 5.73 Å². The molecule has 0 fully saturated rings. The lowest BCUT2D eigenvalue weighted by Crippen LogP contribution is -2.13. The molecule has 2 aromatic carbocycles. The number of carbonyl (C=O) groups excluding carboxylic acids is 1. The molecule has 5 heteroatoms. The van der Waals surface area contributed by atoms with Gasteiger partial charge in [0.05, 0.1) is 5.69 Å². The number of carbonyl (C=O) groups is 1. The van der Waals surface area contributed by atoms with Gasteiger partial charge in [0.15, 0.2) is 5.82 Å². The third-order valence-corrected chi connectivity index (χ3v) is 3.60. The van der Waals surface area contributed by atoms with Gasteiger partial charge in [0.1, 0.15) is 0 Å². The number of nitrogens with one attached hydrogen (secondary N) is 1. The minimum absolute atomic E-state index is 0.448. The van der Waals surface area contributed by atoms with Gasteiger partial charge >= 0.3 is 0 Å². The maximum atomic E-state index is 11.4. The summed E-state index contributed by atoms with van der Waals surface area (Å²) in [5.74, 6) is 0.158. The molecule has 5 nitrogen and oxygen atoms in total. The van der Waals surface area contributed by atoms with Crippen molar-refractivity contribution in [3.05, 3.63) is 71.8 Å². The van der Waals surface area contributed by atoms with Gasteiger partial charge in [-0.25, -0.2) is 0 Å². The Morgan fingerprint density at radius 2 is 1.74 bits per heavy atom. The lowest BCUT2D eigenvalue weighted by atomic mass is 10.1. The maximum absolute atomic E-state index is 11.4. The fourth-order valence-corrected chi connectivity index (χ4v) is 2.34. The highest BCUT2D eigenvalue weighted by atomic mass is 16.1. The topological polar surface area (TPSA) is 80.9 Å². The van der Waals surface area contributed by atoms with Crippen LogP contribution >= 0.6 is 0 Å². The van der Waals surface area contributed by atoms with E-state index in [9.17, 15) is 4.79 Å². The normalized spacial score (nSPS) is 10.3. The highest BCUT2D eigenvalue weighted by Gasteiger charge is 2.09. The molecular formula is C18H16N4O. The van der Waals surface area contributed by atoms with Crippen molar-refractivity contribution in [1.29, 1.82) is 0 Å². The van der Waals surface area contributed by atoms with Crippen LogP contribution in [-0.4, -0.2) is 16.1 Å². The van der Waals surface area contributed by atoms with Crippen LogP contribution < -0.4 is 11.1 Å². The van der Waals surface area contributed by atoms with Gasteiger partial charge in [-0.15, -0.1) is 10.2 Å². The molecule has 0 aliphatic carbocycles. The fraction of sp³-hybridized carbons (Fsp3) is 0.0556. The van der Waals surface area contributed by atoms with E-state index < -0.39 is 5.91 Å². The van der Waals surface area contributed by atoms with Crippen LogP contribution in [0.25, 0.3) is 11.3 Å². The molecule has 1 amide bonds. The number of hydrogen-bond donors (Lipinski definition) is 2. The van der Waals surface area contributed by atoms with E-state index in [0.29, 0.717) is 11.4 Å². The first-order valence-corrected chi connectivity index (χ1v) is 7.21. The summed E-state index contributed by atoms with van der Waals surface area (Å²) < 4.78 is 0. The Kier molecular flexibility index (Phi) is 4.01. The average molecular weight is 304 g/mol. The molecule has 0 aliphatic rings. The second-order valence-electron chi connectivity index (χ2n) is 5.14. The van der Waals surface area contributed by atoms with Gasteiger partial charge < -0.3 is 11.1 Å². The number of hydrogen-bond acceptors (Lipinski definition) is 4. The summed E-state index contributed by atoms with van der Waals surface area (Å²) in [6, 6.07) is 19.0. The van der Waals surface area contributed by atoms with Crippen molar-refractivity contribution in [3.63, 3.8) is 0 Å². The summed E-state index contributed by atoms with van der Waals surface area (Å²) in [6.07, 6.45) is 0. The van der Waals surface area contributed by atoms with Crippen molar-refractivity contribution in [2.24, 2.45) is 5.73 Å². The van der Waals surface area contributed by atoms with Gasteiger partial charge in [-0.1, -0.05) is 36.4 Å². The Morgan fingerprint density at radius 1 is 0.957 bits per heavy atom. The predicted molar refractivity (Wildman–Crippen MR) is 90.4 cm³/mol. The molecule has 0 spiro atoms. The molecule has 0 saturated heterocycles. The molecule has 0 radical (unpaired) electrons. The Morgan fingerprint density at radius 3 is 2.39 bits per heavy atom. The second kappa shape index (κ2) is 6.27. The van der Waals surface area contributed by atoms with Crippen molar-refractivity contribution in [3.8, 4) is 11.3 Å². The molecule has 3 rings (SSSR count). The van der Waals surface area contributed by atoms with Gasteiger partial charge in [0.2, 0.25) is 5.91 Å². The van der Waals surface area contributed by atoms with Gasteiger partial charge in [-0.05, 0) is 36.8 Å². The molecule has 114 valence electrons. The lowest BCUT2D eigenvalue weighted by molar-refractivity contribution is 0.1000. The summed E-state index contributed by atoms with van der Waals surface area (Å²) in [7, 11) is 0. The van der Waals surface area contributed by atoms with Gasteiger partial charge in [0, 0.05) is 16.8 Å². The average Bonchev–Trinajstić information content (AvgIpc) is 2.58. The Hall–Kier alpha value is -3.21. The largest absolute Gasteiger partial charge is 0.366 e. The highest BCUT2D eigenvalue weighted by molar-refractivity contribution is 5.96. The van der Waals surface area contributed by atoms with E-state index in [2.05, 4.69) is 15.5 Å². The number of rotatable bonds is 4. The Balaban J connectivity index is 1.84. The fourth-order valence-electron chi connectivity index (χ4n) is 2.34. The van der Waals surface area contributed by atoms with Crippen LogP contribution in [0.15, 0.2) is 60.7 Å². The molecule has 0 unspecified atom stereocenters. The molecule has 0 aliphatic heterocycles. The lowest BCUT2D eigenvalue weighted by Gasteiger charge is -2.11. The van der Waals surface area contributed by atoms with Crippen LogP contribution in [0.4, 0.5) is 11.5 Å². The number of nitrogens with zero attached hydrogens (tertiary/aromatic N) is 2. The molecule has 3 N–H and O–H groups in total. The van der Waals surface area contributed by atoms with E-state index in [1.54, 1.807) is 12.1 Å². The van der Waals surface area contributed by atoms with Crippen LogP contribution in [0.1, 0.15) is 15.9 Å². The van der Waals surface area contributed by atoms with Crippen molar-refractivity contribution >= 4 is 17.4 Å². The molecule has 0 saturated carbocycles. The van der Waals surface area contributed by atoms with E-state index in [1.165, 1.54) is 0 Å². The van der Waals surface area contributed by atoms with E-state index in [-0.39, 0.29) is 0 Å². The summed E-state index contributed by atoms with van der Waals surface area (Å²) in [6.45, 7) is 1.84. The predicted octanol–water partition coefficient (Wildman–Crippen LogP) is 3.29. The van der Waals surface area contributed by atoms with E-state index in [0.717, 1.165) is 22.5 Å². The molecule has 23 heavy (non-hydrogen) atoms. The number of amides is 1. The van der Waals surface area contributed by atoms with E-state index in [1.807, 2.05) is 55.5 Å². The van der Waals surface area contributed by atoms with Crippen molar-refractivity contribution in [2.75, 3.05) is 5.32 Å². The van der Waals surface area contributed by atoms with Crippen molar-refractivity contribution in [2.45, 2.75) is 6.92 Å². The summed E-state index contributed by atoms with van der Waals surface area (Å²) >= 11 is 0. The maximum Gasteiger partial charge on any atom is 0.249 e. The molecule has 0 atom stereocenters. The third kappa shape index (κ3) is 3.18. The Labute approximate surface area is 134 Å². The number of nitrogens with two attached hydrogens (primary N) is 1. The van der Waals surface area contributed by atoms with Crippen LogP contribution in [0.5, 0.6) is 0 Å². The molecule has 0 bridgehead atoms. The summed E-state index contributed by atoms with van der Waals surface area (Å²) in [5, 5.41) is 11.6. The third-order valence-electron chi connectivity index (χ3n) is 3.60. The van der Waals surface area contributed by atoms with Crippen LogP contribution in [0.3, 0.4) is 0 Å². The molecule has 3 aromatic rings. The molecular weight excluding hydrogens is 288 g/mol. The molecule has 1 aromatic heterocycles. The van der Waals surface area contributed by atoms with Crippen LogP contribution in [0.2, 0.25) is 0 Å². The summed E-state index contributed by atoms with van der Waals surface area (Å²) in [5.41, 5.74) is 9.24. The second-order valence-corrected chi connectivity index (χ2v) is 5.14. The van der Waals surface area contributed by atoms with Crippen LogP contribution in [-0.2, 0) is 0 Å². The number of benzene rings is 2. The van der Waals surface area contributed by atoms with Crippen molar-refractivity contribution in [1.82, 2.24) is 10.2 Å². The minimum atomic E-state index is -0.448. The molecule has 1 heterocycles. The first-order chi connectivity index (χ1) is 11.1. The first-order valence-electron chi connectivity index (χ1n) is 7.21. The van der Waals surface area contributed by atoms with Gasteiger partial charge in [-0.3, -0.25) is 4.79 Å². The standard InChI is InChI=1S/C18H16N4O/c1-12-14(18(19)23)8-5-9-15(12)20-17-11-10-16(21-22-17)13-6-3-2-4-7-13/h2-11H,1H3,(H2,19,23)(H,20,22). The van der Waals surface area contributed by atoms with Gasteiger partial charge in [-0.2, -0.15) is 0 Å². The number of aromatic nitrogens is 2.